The lowest BCUT2D eigenvalue weighted by atomic mass is 9.56. The first-order valence-electron chi connectivity index (χ1n) is 23.9. The van der Waals surface area contributed by atoms with Crippen LogP contribution in [0.5, 0.6) is 11.5 Å². The number of aliphatic hydroxyl groups excluding tert-OH is 2. The van der Waals surface area contributed by atoms with E-state index in [1.165, 1.54) is 51.4 Å². The fourth-order valence-electron chi connectivity index (χ4n) is 9.86. The molecule has 1 amide bonds. The SMILES string of the molecule is C=CCOC12Oc3ccc(OC(=O)NCCCCCCCCCCCC)cc3C3C(CCCCO)C(CCCCO)C=C(C(=NOCc4ccccc4)CC1Sc1ccccc1)C32. The molecule has 10 heteroatoms. The minimum Gasteiger partial charge on any atom is -0.460 e. The molecule has 0 bridgehead atoms. The number of benzene rings is 3. The van der Waals surface area contributed by atoms with Crippen LogP contribution in [0.3, 0.4) is 0 Å². The maximum Gasteiger partial charge on any atom is 0.412 e. The number of oxime groups is 1. The predicted octanol–water partition coefficient (Wildman–Crippen LogP) is 12.3. The minimum atomic E-state index is -1.11. The molecular formula is C53H72N2O7S. The first-order chi connectivity index (χ1) is 31.0. The highest BCUT2D eigenvalue weighted by Crippen LogP contribution is 2.63. The summed E-state index contributed by atoms with van der Waals surface area (Å²) < 4.78 is 20.4. The van der Waals surface area contributed by atoms with Gasteiger partial charge in [0.25, 0.3) is 0 Å². The molecule has 9 nitrogen and oxygen atoms in total. The number of nitrogens with zero attached hydrogens (tertiary/aromatic N) is 1. The predicted molar refractivity (Wildman–Crippen MR) is 254 cm³/mol. The van der Waals surface area contributed by atoms with Crippen molar-refractivity contribution in [3.05, 3.63) is 114 Å². The van der Waals surface area contributed by atoms with Crippen molar-refractivity contribution in [3.63, 3.8) is 0 Å². The van der Waals surface area contributed by atoms with Gasteiger partial charge in [0.1, 0.15) is 18.1 Å². The summed E-state index contributed by atoms with van der Waals surface area (Å²) in [6.07, 6.45) is 21.5. The number of fused-ring (bicyclic) bond motifs is 2. The zero-order valence-electron chi connectivity index (χ0n) is 37.6. The van der Waals surface area contributed by atoms with Crippen LogP contribution >= 0.6 is 11.8 Å². The second kappa shape index (κ2) is 26.0. The molecule has 1 saturated carbocycles. The molecule has 1 fully saturated rings. The molecule has 1 aliphatic heterocycles. The number of nitrogens with one attached hydrogen (secondary N) is 1. The van der Waals surface area contributed by atoms with Gasteiger partial charge in [-0.2, -0.15) is 0 Å². The summed E-state index contributed by atoms with van der Waals surface area (Å²) >= 11 is 1.73. The lowest BCUT2D eigenvalue weighted by molar-refractivity contribution is -0.223. The molecule has 1 heterocycles. The van der Waals surface area contributed by atoms with E-state index in [4.69, 9.17) is 24.2 Å². The average molecular weight is 881 g/mol. The molecular weight excluding hydrogens is 809 g/mol. The molecule has 0 radical (unpaired) electrons. The van der Waals surface area contributed by atoms with E-state index in [0.717, 1.165) is 65.8 Å². The van der Waals surface area contributed by atoms with Crippen LogP contribution in [0.2, 0.25) is 0 Å². The van der Waals surface area contributed by atoms with E-state index < -0.39 is 11.9 Å². The Labute approximate surface area is 381 Å². The van der Waals surface area contributed by atoms with Gasteiger partial charge in [-0.3, -0.25) is 0 Å². The number of thioether (sulfide) groups is 1. The highest BCUT2D eigenvalue weighted by molar-refractivity contribution is 8.00. The molecule has 3 aliphatic rings. The average Bonchev–Trinajstić information content (AvgIpc) is 3.30. The molecule has 2 aliphatic carbocycles. The van der Waals surface area contributed by atoms with E-state index in [0.29, 0.717) is 43.9 Å². The summed E-state index contributed by atoms with van der Waals surface area (Å²) in [5, 5.41) is 27.6. The van der Waals surface area contributed by atoms with Gasteiger partial charge in [-0.15, -0.1) is 18.3 Å². The highest BCUT2D eigenvalue weighted by atomic mass is 32.2. The van der Waals surface area contributed by atoms with Crippen LogP contribution in [-0.2, 0) is 16.2 Å². The number of carbonyl (C=O) groups excluding carboxylic acids is 1. The Hall–Kier alpha value is -4.09. The molecule has 0 aromatic heterocycles. The molecule has 0 spiro atoms. The molecule has 3 aromatic rings. The van der Waals surface area contributed by atoms with Crippen molar-refractivity contribution in [2.75, 3.05) is 26.4 Å². The number of ether oxygens (including phenoxy) is 3. The largest absolute Gasteiger partial charge is 0.460 e. The Balaban J connectivity index is 1.33. The Morgan fingerprint density at radius 2 is 1.56 bits per heavy atom. The molecule has 3 aromatic carbocycles. The normalized spacial score (nSPS) is 22.9. The van der Waals surface area contributed by atoms with E-state index in [-0.39, 0.29) is 48.7 Å². The van der Waals surface area contributed by atoms with E-state index in [2.05, 4.69) is 49.2 Å². The van der Waals surface area contributed by atoms with Gasteiger partial charge in [-0.1, -0.05) is 143 Å². The third-order valence-electron chi connectivity index (χ3n) is 12.9. The van der Waals surface area contributed by atoms with E-state index in [1.54, 1.807) is 17.8 Å². The zero-order valence-corrected chi connectivity index (χ0v) is 38.4. The molecule has 342 valence electrons. The number of allylic oxidation sites excluding steroid dienone is 1. The first kappa shape index (κ1) is 48.4. The van der Waals surface area contributed by atoms with Gasteiger partial charge >= 0.3 is 6.09 Å². The highest BCUT2D eigenvalue weighted by Gasteiger charge is 2.64. The Bertz CT molecular complexity index is 1890. The summed E-state index contributed by atoms with van der Waals surface area (Å²) in [4.78, 5) is 20.6. The van der Waals surface area contributed by atoms with Gasteiger partial charge in [0.05, 0.1) is 23.5 Å². The number of amides is 1. The van der Waals surface area contributed by atoms with Crippen molar-refractivity contribution >= 4 is 23.6 Å². The Morgan fingerprint density at radius 3 is 2.25 bits per heavy atom. The van der Waals surface area contributed by atoms with Gasteiger partial charge in [-0.05, 0) is 85.4 Å². The van der Waals surface area contributed by atoms with Crippen LogP contribution in [0.4, 0.5) is 4.79 Å². The third-order valence-corrected chi connectivity index (χ3v) is 14.2. The van der Waals surface area contributed by atoms with Crippen LogP contribution in [0.1, 0.15) is 133 Å². The number of aliphatic hydroxyl groups is 2. The number of hydrogen-bond donors (Lipinski definition) is 3. The summed E-state index contributed by atoms with van der Waals surface area (Å²) in [7, 11) is 0. The topological polar surface area (TPSA) is 119 Å². The maximum atomic E-state index is 13.3. The van der Waals surface area contributed by atoms with Crippen LogP contribution in [0.25, 0.3) is 0 Å². The van der Waals surface area contributed by atoms with Crippen molar-refractivity contribution in [1.29, 1.82) is 0 Å². The van der Waals surface area contributed by atoms with Crippen LogP contribution in [0, 0.1) is 17.8 Å². The van der Waals surface area contributed by atoms with Crippen molar-refractivity contribution in [3.8, 4) is 11.5 Å². The smallest absolute Gasteiger partial charge is 0.412 e. The summed E-state index contributed by atoms with van der Waals surface area (Å²) in [6, 6.07) is 26.2. The second-order valence-electron chi connectivity index (χ2n) is 17.4. The van der Waals surface area contributed by atoms with E-state index in [9.17, 15) is 15.0 Å². The van der Waals surface area contributed by atoms with E-state index in [1.807, 2.05) is 54.6 Å². The minimum absolute atomic E-state index is 0.117. The fraction of sp³-hybridized carbons (Fsp3) is 0.547. The van der Waals surface area contributed by atoms with Crippen LogP contribution in [0.15, 0.2) is 113 Å². The quantitative estimate of drug-likeness (QED) is 0.0375. The number of unbranched alkanes of at least 4 members (excludes halogenated alkanes) is 11. The zero-order chi connectivity index (χ0) is 44.1. The van der Waals surface area contributed by atoms with Crippen LogP contribution < -0.4 is 14.8 Å². The summed E-state index contributed by atoms with van der Waals surface area (Å²) in [5.41, 5.74) is 3.94. The molecule has 6 unspecified atom stereocenters. The molecule has 0 saturated heterocycles. The lowest BCUT2D eigenvalue weighted by Crippen LogP contribution is -2.64. The standard InChI is InChI=1S/C53H72N2O7S/c1-3-5-6-7-8-9-10-11-12-21-32-54-52(58)61-42-30-31-48-46(37-42)50-44(29-20-23-34-57)41(26-19-22-33-56)36-45-47(55-60-39-40-24-15-13-16-25-40)38-49(63-43-27-17-14-18-28-43)53(62-48,51(45)50)59-35-4-2/h4,13-18,24-25,27-28,30-31,36-37,41,44,49-51,56-57H,2-3,5-12,19-23,26,29,32-35,38-39H2,1H3,(H,54,58). The van der Waals surface area contributed by atoms with Gasteiger partial charge in [0, 0.05) is 42.6 Å². The van der Waals surface area contributed by atoms with Gasteiger partial charge in [0.2, 0.25) is 5.79 Å². The van der Waals surface area contributed by atoms with Gasteiger partial charge in [-0.25, -0.2) is 4.79 Å². The van der Waals surface area contributed by atoms with Crippen molar-refractivity contribution < 1.29 is 34.1 Å². The monoisotopic (exact) mass is 881 g/mol. The van der Waals surface area contributed by atoms with Crippen LogP contribution in [-0.4, -0.2) is 59.4 Å². The van der Waals surface area contributed by atoms with Crippen molar-refractivity contribution in [2.24, 2.45) is 22.9 Å². The third kappa shape index (κ3) is 13.5. The Kier molecular flexibility index (Phi) is 20.0. The molecule has 3 N–H and O–H groups in total. The molecule has 63 heavy (non-hydrogen) atoms. The summed E-state index contributed by atoms with van der Waals surface area (Å²) in [6.45, 7) is 7.77. The number of hydrogen-bond acceptors (Lipinski definition) is 9. The Morgan fingerprint density at radius 1 is 0.873 bits per heavy atom. The second-order valence-corrected chi connectivity index (χ2v) is 18.7. The van der Waals surface area contributed by atoms with Crippen molar-refractivity contribution in [2.45, 2.75) is 145 Å². The fourth-order valence-corrected chi connectivity index (χ4v) is 11.2. The molecule has 6 rings (SSSR count). The first-order valence-corrected chi connectivity index (χ1v) is 24.8. The molecule has 6 atom stereocenters. The van der Waals surface area contributed by atoms with Gasteiger partial charge < -0.3 is 34.6 Å². The number of rotatable bonds is 28. The van der Waals surface area contributed by atoms with Gasteiger partial charge in [0.15, 0.2) is 0 Å². The maximum absolute atomic E-state index is 13.3. The van der Waals surface area contributed by atoms with E-state index >= 15 is 0 Å². The lowest BCUT2D eigenvalue weighted by Gasteiger charge is -2.58. The van der Waals surface area contributed by atoms with Crippen molar-refractivity contribution in [1.82, 2.24) is 5.32 Å². The summed E-state index contributed by atoms with van der Waals surface area (Å²) in [5.74, 6) is -0.0879. The number of carbonyl (C=O) groups is 1.